The van der Waals surface area contributed by atoms with Crippen LogP contribution in [-0.4, -0.2) is 37.2 Å². The Hall–Kier alpha value is -1.62. The fourth-order valence-electron chi connectivity index (χ4n) is 1.94. The second-order valence-corrected chi connectivity index (χ2v) is 4.47. The number of carbonyl (C=O) groups excluding carboxylic acids is 1. The molecule has 1 aromatic rings. The summed E-state index contributed by atoms with van der Waals surface area (Å²) in [6.07, 6.45) is 4.41. The van der Waals surface area contributed by atoms with Gasteiger partial charge in [-0.1, -0.05) is 0 Å². The van der Waals surface area contributed by atoms with Crippen molar-refractivity contribution in [2.24, 2.45) is 5.92 Å². The Labute approximate surface area is 107 Å². The lowest BCUT2D eigenvalue weighted by molar-refractivity contribution is -0.124. The first-order chi connectivity index (χ1) is 8.77. The molecule has 0 unspecified atom stereocenters. The number of aryl methyl sites for hydroxylation is 1. The van der Waals surface area contributed by atoms with Gasteiger partial charge < -0.3 is 15.4 Å². The number of nitrogens with zero attached hydrogens (tertiary/aromatic N) is 1. The molecule has 2 rings (SSSR count). The van der Waals surface area contributed by atoms with Gasteiger partial charge in [-0.2, -0.15) is 0 Å². The number of pyridine rings is 1. The first-order valence-corrected chi connectivity index (χ1v) is 6.27. The lowest BCUT2D eigenvalue weighted by Gasteiger charge is -2.11. The third-order valence-electron chi connectivity index (χ3n) is 3.06. The molecular weight excluding hydrogens is 230 g/mol. The largest absolute Gasteiger partial charge is 0.383 e. The Morgan fingerprint density at radius 2 is 2.44 bits per heavy atom. The SMILES string of the molecule is Cc1cnccc1NCCNC(=O)[C@@H]1CCOC1. The zero-order chi connectivity index (χ0) is 12.8. The molecule has 5 heteroatoms. The molecule has 0 saturated carbocycles. The maximum Gasteiger partial charge on any atom is 0.225 e. The van der Waals surface area contributed by atoms with Crippen LogP contribution in [0.2, 0.25) is 0 Å². The summed E-state index contributed by atoms with van der Waals surface area (Å²) in [6, 6.07) is 1.93. The van der Waals surface area contributed by atoms with Gasteiger partial charge in [0, 0.05) is 37.8 Å². The normalized spacial score (nSPS) is 18.6. The average molecular weight is 249 g/mol. The average Bonchev–Trinajstić information content (AvgIpc) is 2.90. The molecule has 0 spiro atoms. The molecule has 0 bridgehead atoms. The molecule has 1 aliphatic heterocycles. The van der Waals surface area contributed by atoms with Gasteiger partial charge in [-0.3, -0.25) is 9.78 Å². The Balaban J connectivity index is 1.67. The molecule has 0 aliphatic carbocycles. The van der Waals surface area contributed by atoms with E-state index in [1.54, 1.807) is 6.20 Å². The quantitative estimate of drug-likeness (QED) is 0.763. The summed E-state index contributed by atoms with van der Waals surface area (Å²) in [7, 11) is 0. The van der Waals surface area contributed by atoms with Crippen molar-refractivity contribution in [2.75, 3.05) is 31.6 Å². The monoisotopic (exact) mass is 249 g/mol. The lowest BCUT2D eigenvalue weighted by Crippen LogP contribution is -2.34. The van der Waals surface area contributed by atoms with Crippen LogP contribution in [0.25, 0.3) is 0 Å². The highest BCUT2D eigenvalue weighted by molar-refractivity contribution is 5.79. The van der Waals surface area contributed by atoms with Crippen molar-refractivity contribution in [1.82, 2.24) is 10.3 Å². The molecule has 18 heavy (non-hydrogen) atoms. The number of hydrogen-bond donors (Lipinski definition) is 2. The molecule has 1 amide bonds. The van der Waals surface area contributed by atoms with Gasteiger partial charge in [0.2, 0.25) is 5.91 Å². The maximum absolute atomic E-state index is 11.7. The number of amides is 1. The van der Waals surface area contributed by atoms with E-state index in [1.165, 1.54) is 0 Å². The zero-order valence-corrected chi connectivity index (χ0v) is 10.6. The van der Waals surface area contributed by atoms with E-state index in [4.69, 9.17) is 4.74 Å². The number of hydrogen-bond acceptors (Lipinski definition) is 4. The summed E-state index contributed by atoms with van der Waals surface area (Å²) in [6.45, 7) is 4.60. The maximum atomic E-state index is 11.7. The van der Waals surface area contributed by atoms with E-state index in [2.05, 4.69) is 15.6 Å². The second-order valence-electron chi connectivity index (χ2n) is 4.47. The van der Waals surface area contributed by atoms with Crippen molar-refractivity contribution in [3.05, 3.63) is 24.0 Å². The third kappa shape index (κ3) is 3.43. The number of aromatic nitrogens is 1. The van der Waals surface area contributed by atoms with Crippen LogP contribution in [0.1, 0.15) is 12.0 Å². The van der Waals surface area contributed by atoms with Gasteiger partial charge in [0.15, 0.2) is 0 Å². The van der Waals surface area contributed by atoms with Gasteiger partial charge >= 0.3 is 0 Å². The highest BCUT2D eigenvalue weighted by Crippen LogP contribution is 2.12. The molecule has 1 aromatic heterocycles. The van der Waals surface area contributed by atoms with Gasteiger partial charge in [0.25, 0.3) is 0 Å². The first kappa shape index (κ1) is 12.8. The summed E-state index contributed by atoms with van der Waals surface area (Å²) in [4.78, 5) is 15.7. The van der Waals surface area contributed by atoms with Crippen molar-refractivity contribution in [1.29, 1.82) is 0 Å². The number of nitrogens with one attached hydrogen (secondary N) is 2. The third-order valence-corrected chi connectivity index (χ3v) is 3.06. The van der Waals surface area contributed by atoms with Gasteiger partial charge in [-0.15, -0.1) is 0 Å². The smallest absolute Gasteiger partial charge is 0.225 e. The molecule has 2 heterocycles. The minimum atomic E-state index is 0.0349. The Kier molecular flexibility index (Phi) is 4.52. The molecule has 1 atom stereocenters. The van der Waals surface area contributed by atoms with Crippen molar-refractivity contribution >= 4 is 11.6 Å². The van der Waals surface area contributed by atoms with Crippen molar-refractivity contribution in [3.63, 3.8) is 0 Å². The molecular formula is C13H19N3O2. The number of carbonyl (C=O) groups is 1. The van der Waals surface area contributed by atoms with Crippen LogP contribution in [0.4, 0.5) is 5.69 Å². The lowest BCUT2D eigenvalue weighted by atomic mass is 10.1. The Morgan fingerprint density at radius 3 is 3.17 bits per heavy atom. The Morgan fingerprint density at radius 1 is 1.56 bits per heavy atom. The fraction of sp³-hybridized carbons (Fsp3) is 0.538. The predicted molar refractivity (Wildman–Crippen MR) is 69.4 cm³/mol. The van der Waals surface area contributed by atoms with E-state index in [1.807, 2.05) is 19.2 Å². The molecule has 5 nitrogen and oxygen atoms in total. The predicted octanol–water partition coefficient (Wildman–Crippen LogP) is 0.955. The molecule has 2 N–H and O–H groups in total. The van der Waals surface area contributed by atoms with Gasteiger partial charge in [0.05, 0.1) is 12.5 Å². The highest BCUT2D eigenvalue weighted by Gasteiger charge is 2.22. The molecule has 1 aliphatic rings. The highest BCUT2D eigenvalue weighted by atomic mass is 16.5. The topological polar surface area (TPSA) is 63.2 Å². The minimum absolute atomic E-state index is 0.0349. The van der Waals surface area contributed by atoms with Crippen LogP contribution >= 0.6 is 0 Å². The van der Waals surface area contributed by atoms with Gasteiger partial charge in [-0.25, -0.2) is 0 Å². The molecule has 0 aromatic carbocycles. The van der Waals surface area contributed by atoms with Crippen molar-refractivity contribution in [3.8, 4) is 0 Å². The van der Waals surface area contributed by atoms with Crippen LogP contribution in [0.3, 0.4) is 0 Å². The summed E-state index contributed by atoms with van der Waals surface area (Å²) in [5.41, 5.74) is 2.16. The number of rotatable bonds is 5. The van der Waals surface area contributed by atoms with E-state index in [9.17, 15) is 4.79 Å². The van der Waals surface area contributed by atoms with Crippen LogP contribution in [0, 0.1) is 12.8 Å². The van der Waals surface area contributed by atoms with E-state index >= 15 is 0 Å². The van der Waals surface area contributed by atoms with Crippen LogP contribution < -0.4 is 10.6 Å². The van der Waals surface area contributed by atoms with Crippen LogP contribution in [0.5, 0.6) is 0 Å². The summed E-state index contributed by atoms with van der Waals surface area (Å²) in [5.74, 6) is 0.133. The van der Waals surface area contributed by atoms with E-state index in [0.717, 1.165) is 17.7 Å². The Bertz CT molecular complexity index is 403. The fourth-order valence-corrected chi connectivity index (χ4v) is 1.94. The van der Waals surface area contributed by atoms with Crippen molar-refractivity contribution in [2.45, 2.75) is 13.3 Å². The molecule has 1 saturated heterocycles. The standard InChI is InChI=1S/C13H19N3O2/c1-10-8-14-4-2-12(10)15-5-6-16-13(17)11-3-7-18-9-11/h2,4,8,11H,3,5-7,9H2,1H3,(H,14,15)(H,16,17)/t11-/m1/s1. The van der Waals surface area contributed by atoms with Crippen LogP contribution in [-0.2, 0) is 9.53 Å². The van der Waals surface area contributed by atoms with E-state index < -0.39 is 0 Å². The molecule has 1 fully saturated rings. The number of anilines is 1. The van der Waals surface area contributed by atoms with E-state index in [-0.39, 0.29) is 11.8 Å². The summed E-state index contributed by atoms with van der Waals surface area (Å²) >= 11 is 0. The summed E-state index contributed by atoms with van der Waals surface area (Å²) in [5, 5.41) is 6.19. The zero-order valence-electron chi connectivity index (χ0n) is 10.6. The van der Waals surface area contributed by atoms with Gasteiger partial charge in [-0.05, 0) is 25.0 Å². The van der Waals surface area contributed by atoms with Crippen LogP contribution in [0.15, 0.2) is 18.5 Å². The van der Waals surface area contributed by atoms with Crippen molar-refractivity contribution < 1.29 is 9.53 Å². The second kappa shape index (κ2) is 6.35. The first-order valence-electron chi connectivity index (χ1n) is 6.27. The molecule has 98 valence electrons. The summed E-state index contributed by atoms with van der Waals surface area (Å²) < 4.78 is 5.19. The number of ether oxygens (including phenoxy) is 1. The van der Waals surface area contributed by atoms with Gasteiger partial charge in [0.1, 0.15) is 0 Å². The minimum Gasteiger partial charge on any atom is -0.383 e. The molecule has 0 radical (unpaired) electrons. The van der Waals surface area contributed by atoms with E-state index in [0.29, 0.717) is 26.3 Å².